The van der Waals surface area contributed by atoms with Crippen LogP contribution in [0.1, 0.15) is 12.8 Å². The highest BCUT2D eigenvalue weighted by atomic mass is 16.5. The van der Waals surface area contributed by atoms with Crippen molar-refractivity contribution < 1.29 is 4.74 Å². The number of nitrogens with zero attached hydrogens (tertiary/aromatic N) is 3. The van der Waals surface area contributed by atoms with Gasteiger partial charge in [-0.2, -0.15) is 4.98 Å². The van der Waals surface area contributed by atoms with Crippen LogP contribution in [-0.4, -0.2) is 48.2 Å². The van der Waals surface area contributed by atoms with Gasteiger partial charge in [0, 0.05) is 24.8 Å². The molecule has 1 aliphatic heterocycles. The summed E-state index contributed by atoms with van der Waals surface area (Å²) in [5.41, 5.74) is 0. The molecule has 2 rings (SSSR count). The Labute approximate surface area is 95.8 Å². The first-order valence-corrected chi connectivity index (χ1v) is 5.61. The van der Waals surface area contributed by atoms with Crippen LogP contribution in [0.3, 0.4) is 0 Å². The fourth-order valence-electron chi connectivity index (χ4n) is 1.99. The summed E-state index contributed by atoms with van der Waals surface area (Å²) < 4.78 is 5.05. The van der Waals surface area contributed by atoms with Gasteiger partial charge in [0.1, 0.15) is 0 Å². The summed E-state index contributed by atoms with van der Waals surface area (Å²) in [5.74, 6) is 1.23. The molecule has 1 unspecified atom stereocenters. The minimum Gasteiger partial charge on any atom is -0.481 e. The average Bonchev–Trinajstić information content (AvgIpc) is 2.72. The highest BCUT2D eigenvalue weighted by molar-refractivity contribution is 5.27. The highest BCUT2D eigenvalue weighted by Gasteiger charge is 2.20. The average molecular weight is 222 g/mol. The van der Waals surface area contributed by atoms with E-state index in [2.05, 4.69) is 27.2 Å². The van der Waals surface area contributed by atoms with Gasteiger partial charge in [-0.3, -0.25) is 0 Å². The van der Waals surface area contributed by atoms with Crippen molar-refractivity contribution in [3.05, 3.63) is 12.3 Å². The predicted octanol–water partition coefficient (Wildman–Crippen LogP) is 0.991. The maximum atomic E-state index is 5.05. The number of aromatic nitrogens is 2. The first-order chi connectivity index (χ1) is 7.79. The Kier molecular flexibility index (Phi) is 3.56. The van der Waals surface area contributed by atoms with Gasteiger partial charge in [0.15, 0.2) is 0 Å². The van der Waals surface area contributed by atoms with E-state index in [1.165, 1.54) is 19.4 Å². The van der Waals surface area contributed by atoms with Gasteiger partial charge in [-0.05, 0) is 26.4 Å². The monoisotopic (exact) mass is 222 g/mol. The molecule has 1 fully saturated rings. The van der Waals surface area contributed by atoms with Gasteiger partial charge in [0.25, 0.3) is 0 Å². The maximum absolute atomic E-state index is 5.05. The maximum Gasteiger partial charge on any atom is 0.225 e. The molecule has 1 aromatic heterocycles. The van der Waals surface area contributed by atoms with E-state index in [0.29, 0.717) is 17.9 Å². The molecule has 0 bridgehead atoms. The van der Waals surface area contributed by atoms with Crippen molar-refractivity contribution in [2.45, 2.75) is 18.9 Å². The summed E-state index contributed by atoms with van der Waals surface area (Å²) in [6.07, 6.45) is 4.22. The molecule has 0 amide bonds. The zero-order valence-electron chi connectivity index (χ0n) is 9.81. The van der Waals surface area contributed by atoms with Crippen molar-refractivity contribution >= 4 is 5.95 Å². The predicted molar refractivity (Wildman–Crippen MR) is 62.7 cm³/mol. The minimum absolute atomic E-state index is 0.592. The molecule has 0 spiro atoms. The van der Waals surface area contributed by atoms with E-state index in [1.807, 2.05) is 0 Å². The second-order valence-corrected chi connectivity index (χ2v) is 4.08. The third-order valence-corrected chi connectivity index (χ3v) is 3.01. The number of anilines is 1. The van der Waals surface area contributed by atoms with Crippen LogP contribution in [0.4, 0.5) is 5.95 Å². The number of nitrogens with one attached hydrogen (secondary N) is 1. The molecule has 1 aliphatic rings. The van der Waals surface area contributed by atoms with Gasteiger partial charge in [0.05, 0.1) is 7.11 Å². The van der Waals surface area contributed by atoms with Crippen LogP contribution < -0.4 is 10.1 Å². The summed E-state index contributed by atoms with van der Waals surface area (Å²) in [7, 11) is 3.77. The van der Waals surface area contributed by atoms with Gasteiger partial charge < -0.3 is 15.0 Å². The minimum atomic E-state index is 0.592. The second-order valence-electron chi connectivity index (χ2n) is 4.08. The van der Waals surface area contributed by atoms with E-state index < -0.39 is 0 Å². The number of rotatable bonds is 4. The van der Waals surface area contributed by atoms with E-state index in [1.54, 1.807) is 19.4 Å². The molecular formula is C11H18N4O. The Hall–Kier alpha value is -1.36. The zero-order valence-corrected chi connectivity index (χ0v) is 9.81. The van der Waals surface area contributed by atoms with E-state index >= 15 is 0 Å². The number of hydrogen-bond acceptors (Lipinski definition) is 5. The Morgan fingerprint density at radius 3 is 3.19 bits per heavy atom. The summed E-state index contributed by atoms with van der Waals surface area (Å²) >= 11 is 0. The number of methoxy groups -OCH3 is 1. The van der Waals surface area contributed by atoms with Crippen LogP contribution in [-0.2, 0) is 0 Å². The lowest BCUT2D eigenvalue weighted by Crippen LogP contribution is -2.31. The van der Waals surface area contributed by atoms with E-state index in [4.69, 9.17) is 4.74 Å². The van der Waals surface area contributed by atoms with Crippen molar-refractivity contribution in [2.75, 3.05) is 32.6 Å². The van der Waals surface area contributed by atoms with Crippen molar-refractivity contribution in [3.8, 4) is 5.88 Å². The first-order valence-electron chi connectivity index (χ1n) is 5.61. The molecule has 0 saturated carbocycles. The van der Waals surface area contributed by atoms with Crippen LogP contribution in [0.25, 0.3) is 0 Å². The number of likely N-dealkylation sites (N-methyl/N-ethyl adjacent to an activating group) is 1. The molecule has 5 nitrogen and oxygen atoms in total. The van der Waals surface area contributed by atoms with Crippen LogP contribution in [0.5, 0.6) is 5.88 Å². The lowest BCUT2D eigenvalue weighted by molar-refractivity contribution is 0.322. The summed E-state index contributed by atoms with van der Waals surface area (Å²) in [6, 6.07) is 2.34. The Morgan fingerprint density at radius 2 is 2.50 bits per heavy atom. The van der Waals surface area contributed by atoms with E-state index in [-0.39, 0.29) is 0 Å². The fourth-order valence-corrected chi connectivity index (χ4v) is 1.99. The molecule has 2 heterocycles. The van der Waals surface area contributed by atoms with E-state index in [0.717, 1.165) is 6.54 Å². The molecule has 1 aromatic rings. The number of hydrogen-bond donors (Lipinski definition) is 1. The molecule has 1 atom stereocenters. The molecule has 1 N–H and O–H groups in total. The first kappa shape index (κ1) is 11.1. The lowest BCUT2D eigenvalue weighted by atomic mass is 10.2. The van der Waals surface area contributed by atoms with E-state index in [9.17, 15) is 0 Å². The third kappa shape index (κ3) is 2.61. The van der Waals surface area contributed by atoms with Gasteiger partial charge >= 0.3 is 0 Å². The van der Waals surface area contributed by atoms with Crippen molar-refractivity contribution in [1.29, 1.82) is 0 Å². The van der Waals surface area contributed by atoms with Crippen molar-refractivity contribution in [1.82, 2.24) is 14.9 Å². The third-order valence-electron chi connectivity index (χ3n) is 3.01. The number of likely N-dealkylation sites (tertiary alicyclic amines) is 1. The summed E-state index contributed by atoms with van der Waals surface area (Å²) in [4.78, 5) is 10.7. The normalized spacial score (nSPS) is 21.0. The molecular weight excluding hydrogens is 204 g/mol. The Bertz CT molecular complexity index is 345. The quantitative estimate of drug-likeness (QED) is 0.823. The fraction of sp³-hybridized carbons (Fsp3) is 0.636. The topological polar surface area (TPSA) is 50.3 Å². The van der Waals surface area contributed by atoms with Gasteiger partial charge in [-0.15, -0.1) is 0 Å². The molecule has 5 heteroatoms. The van der Waals surface area contributed by atoms with Gasteiger partial charge in [-0.1, -0.05) is 0 Å². The number of ether oxygens (including phenoxy) is 1. The molecule has 1 saturated heterocycles. The largest absolute Gasteiger partial charge is 0.481 e. The zero-order chi connectivity index (χ0) is 11.4. The van der Waals surface area contributed by atoms with Crippen LogP contribution in [0.15, 0.2) is 12.3 Å². The highest BCUT2D eigenvalue weighted by Crippen LogP contribution is 2.15. The molecule has 88 valence electrons. The second kappa shape index (κ2) is 5.12. The smallest absolute Gasteiger partial charge is 0.225 e. The van der Waals surface area contributed by atoms with Crippen LogP contribution >= 0.6 is 0 Å². The standard InChI is InChI=1S/C11H18N4O/c1-15-7-3-4-9(15)8-13-11-12-6-5-10(14-11)16-2/h5-6,9H,3-4,7-8H2,1-2H3,(H,12,13,14). The SMILES string of the molecule is COc1ccnc(NCC2CCCN2C)n1. The Morgan fingerprint density at radius 1 is 1.62 bits per heavy atom. The van der Waals surface area contributed by atoms with Crippen LogP contribution in [0, 0.1) is 0 Å². The van der Waals surface area contributed by atoms with Crippen molar-refractivity contribution in [2.24, 2.45) is 0 Å². The lowest BCUT2D eigenvalue weighted by Gasteiger charge is -2.19. The van der Waals surface area contributed by atoms with Crippen LogP contribution in [0.2, 0.25) is 0 Å². The van der Waals surface area contributed by atoms with Gasteiger partial charge in [0.2, 0.25) is 11.8 Å². The summed E-state index contributed by atoms with van der Waals surface area (Å²) in [6.45, 7) is 2.08. The van der Waals surface area contributed by atoms with Gasteiger partial charge in [-0.25, -0.2) is 4.98 Å². The molecule has 0 aliphatic carbocycles. The molecule has 16 heavy (non-hydrogen) atoms. The molecule has 0 aromatic carbocycles. The van der Waals surface area contributed by atoms with Crippen molar-refractivity contribution in [3.63, 3.8) is 0 Å². The molecule has 0 radical (unpaired) electrons. The Balaban J connectivity index is 1.88. The summed E-state index contributed by atoms with van der Waals surface area (Å²) in [5, 5.41) is 3.25.